The van der Waals surface area contributed by atoms with Gasteiger partial charge < -0.3 is 10.0 Å². The highest BCUT2D eigenvalue weighted by Crippen LogP contribution is 2.21. The highest BCUT2D eigenvalue weighted by molar-refractivity contribution is 5.93. The molecule has 4 heteroatoms. The van der Waals surface area contributed by atoms with E-state index in [1.807, 2.05) is 11.8 Å². The van der Waals surface area contributed by atoms with Crippen LogP contribution in [-0.2, 0) is 0 Å². The number of likely N-dealkylation sites (tertiary alicyclic amines) is 1. The molecule has 0 aliphatic carbocycles. The number of carbonyl (C=O) groups is 1. The Hall–Kier alpha value is -1.42. The molecule has 0 bridgehead atoms. The third-order valence-corrected chi connectivity index (χ3v) is 3.42. The summed E-state index contributed by atoms with van der Waals surface area (Å²) in [7, 11) is 0. The number of amides is 1. The molecule has 4 nitrogen and oxygen atoms in total. The lowest BCUT2D eigenvalue weighted by atomic mass is 9.92. The maximum atomic E-state index is 12.1. The van der Waals surface area contributed by atoms with Crippen molar-refractivity contribution in [3.63, 3.8) is 0 Å². The number of aromatic nitrogens is 1. The van der Waals surface area contributed by atoms with Crippen LogP contribution >= 0.6 is 0 Å². The van der Waals surface area contributed by atoms with Crippen molar-refractivity contribution >= 4 is 5.91 Å². The highest BCUT2D eigenvalue weighted by atomic mass is 16.3. The predicted molar refractivity (Wildman–Crippen MR) is 64.5 cm³/mol. The molecule has 2 heterocycles. The minimum absolute atomic E-state index is 0.0437. The summed E-state index contributed by atoms with van der Waals surface area (Å²) in [6.07, 6.45) is 4.75. The zero-order chi connectivity index (χ0) is 12.3. The van der Waals surface area contributed by atoms with Crippen molar-refractivity contribution < 1.29 is 9.90 Å². The largest absolute Gasteiger partial charge is 0.393 e. The minimum Gasteiger partial charge on any atom is -0.393 e. The average Bonchev–Trinajstić information content (AvgIpc) is 2.39. The maximum absolute atomic E-state index is 12.1. The van der Waals surface area contributed by atoms with Crippen LogP contribution in [0.15, 0.2) is 24.5 Å². The summed E-state index contributed by atoms with van der Waals surface area (Å²) in [6.45, 7) is 3.27. The third kappa shape index (κ3) is 2.82. The molecule has 1 aromatic heterocycles. The summed E-state index contributed by atoms with van der Waals surface area (Å²) in [6, 6.07) is 3.56. The second-order valence-electron chi connectivity index (χ2n) is 4.61. The van der Waals surface area contributed by atoms with Gasteiger partial charge in [0.2, 0.25) is 0 Å². The highest BCUT2D eigenvalue weighted by Gasteiger charge is 2.25. The number of aliphatic hydroxyl groups is 1. The van der Waals surface area contributed by atoms with E-state index in [0.29, 0.717) is 11.5 Å². The lowest BCUT2D eigenvalue weighted by Gasteiger charge is -2.33. The molecule has 1 fully saturated rings. The number of rotatable bonds is 2. The first-order valence-corrected chi connectivity index (χ1v) is 6.06. The average molecular weight is 234 g/mol. The molecular weight excluding hydrogens is 216 g/mol. The molecule has 2 rings (SSSR count). The van der Waals surface area contributed by atoms with Gasteiger partial charge in [0.25, 0.3) is 5.91 Å². The van der Waals surface area contributed by atoms with Gasteiger partial charge in [0.05, 0.1) is 11.7 Å². The number of piperidine rings is 1. The summed E-state index contributed by atoms with van der Waals surface area (Å²) in [5.41, 5.74) is 0.642. The molecule has 1 aliphatic rings. The zero-order valence-corrected chi connectivity index (χ0v) is 10.0. The van der Waals surface area contributed by atoms with Crippen molar-refractivity contribution in [3.8, 4) is 0 Å². The fourth-order valence-corrected chi connectivity index (χ4v) is 2.26. The van der Waals surface area contributed by atoms with Crippen molar-refractivity contribution in [2.24, 2.45) is 5.92 Å². The molecule has 1 amide bonds. The van der Waals surface area contributed by atoms with Crippen molar-refractivity contribution in [1.82, 2.24) is 9.88 Å². The Labute approximate surface area is 101 Å². The second-order valence-corrected chi connectivity index (χ2v) is 4.61. The van der Waals surface area contributed by atoms with Crippen LogP contribution in [0.3, 0.4) is 0 Å². The van der Waals surface area contributed by atoms with Crippen LogP contribution in [0.1, 0.15) is 30.1 Å². The Morgan fingerprint density at radius 1 is 1.53 bits per heavy atom. The molecule has 0 saturated carbocycles. The van der Waals surface area contributed by atoms with Crippen LogP contribution in [0.5, 0.6) is 0 Å². The van der Waals surface area contributed by atoms with Crippen LogP contribution in [0, 0.1) is 5.92 Å². The van der Waals surface area contributed by atoms with E-state index in [9.17, 15) is 9.90 Å². The number of aliphatic hydroxyl groups excluding tert-OH is 1. The number of carbonyl (C=O) groups excluding carboxylic acids is 1. The van der Waals surface area contributed by atoms with E-state index in [0.717, 1.165) is 25.9 Å². The van der Waals surface area contributed by atoms with E-state index in [1.165, 1.54) is 0 Å². The van der Waals surface area contributed by atoms with Crippen molar-refractivity contribution in [2.75, 3.05) is 13.1 Å². The van der Waals surface area contributed by atoms with Crippen LogP contribution in [0.4, 0.5) is 0 Å². The molecule has 0 aromatic carbocycles. The number of hydrogen-bond acceptors (Lipinski definition) is 3. The molecule has 92 valence electrons. The normalized spacial score (nSPS) is 19.1. The predicted octanol–water partition coefficient (Wildman–Crippen LogP) is 1.31. The van der Waals surface area contributed by atoms with Crippen LogP contribution in [0.25, 0.3) is 0 Å². The Morgan fingerprint density at radius 3 is 2.76 bits per heavy atom. The first kappa shape index (κ1) is 12.0. The molecule has 1 atom stereocenters. The van der Waals surface area contributed by atoms with Crippen LogP contribution < -0.4 is 0 Å². The molecule has 1 aromatic rings. The Morgan fingerprint density at radius 2 is 2.24 bits per heavy atom. The summed E-state index contributed by atoms with van der Waals surface area (Å²) in [5.74, 6) is 0.370. The molecule has 1 unspecified atom stereocenters. The molecule has 1 saturated heterocycles. The molecule has 1 N–H and O–H groups in total. The maximum Gasteiger partial charge on any atom is 0.255 e. The second kappa shape index (κ2) is 5.27. The van der Waals surface area contributed by atoms with E-state index in [4.69, 9.17) is 0 Å². The Bertz CT molecular complexity index is 370. The molecule has 1 aliphatic heterocycles. The van der Waals surface area contributed by atoms with E-state index >= 15 is 0 Å². The SMILES string of the molecule is CC(O)C1CCN(C(=O)c2cccnc2)CC1. The summed E-state index contributed by atoms with van der Waals surface area (Å²) in [5, 5.41) is 9.51. The molecular formula is C13H18N2O2. The topological polar surface area (TPSA) is 53.4 Å². The van der Waals surface area contributed by atoms with Crippen molar-refractivity contribution in [2.45, 2.75) is 25.9 Å². The van der Waals surface area contributed by atoms with Gasteiger partial charge >= 0.3 is 0 Å². The molecule has 0 radical (unpaired) electrons. The van der Waals surface area contributed by atoms with Gasteiger partial charge in [0.1, 0.15) is 0 Å². The van der Waals surface area contributed by atoms with Gasteiger partial charge in [0.15, 0.2) is 0 Å². The fourth-order valence-electron chi connectivity index (χ4n) is 2.26. The first-order valence-electron chi connectivity index (χ1n) is 6.06. The Kier molecular flexibility index (Phi) is 3.74. The standard InChI is InChI=1S/C13H18N2O2/c1-10(16)11-4-7-15(8-5-11)13(17)12-3-2-6-14-9-12/h2-3,6,9-11,16H,4-5,7-8H2,1H3. The van der Waals surface area contributed by atoms with Gasteiger partial charge in [-0.3, -0.25) is 9.78 Å². The third-order valence-electron chi connectivity index (χ3n) is 3.42. The van der Waals surface area contributed by atoms with Gasteiger partial charge in [-0.2, -0.15) is 0 Å². The number of pyridine rings is 1. The number of nitrogens with zero attached hydrogens (tertiary/aromatic N) is 2. The number of hydrogen-bond donors (Lipinski definition) is 1. The smallest absolute Gasteiger partial charge is 0.255 e. The lowest BCUT2D eigenvalue weighted by Crippen LogP contribution is -2.40. The van der Waals surface area contributed by atoms with Gasteiger partial charge in [-0.25, -0.2) is 0 Å². The molecule has 0 spiro atoms. The van der Waals surface area contributed by atoms with Gasteiger partial charge in [0, 0.05) is 25.5 Å². The van der Waals surface area contributed by atoms with Gasteiger partial charge in [-0.1, -0.05) is 0 Å². The zero-order valence-electron chi connectivity index (χ0n) is 10.0. The van der Waals surface area contributed by atoms with E-state index in [-0.39, 0.29) is 12.0 Å². The van der Waals surface area contributed by atoms with E-state index in [1.54, 1.807) is 24.5 Å². The Balaban J connectivity index is 1.95. The summed E-state index contributed by atoms with van der Waals surface area (Å²) >= 11 is 0. The molecule has 17 heavy (non-hydrogen) atoms. The summed E-state index contributed by atoms with van der Waals surface area (Å²) in [4.78, 5) is 17.9. The van der Waals surface area contributed by atoms with Crippen LogP contribution in [0.2, 0.25) is 0 Å². The minimum atomic E-state index is -0.273. The van der Waals surface area contributed by atoms with E-state index in [2.05, 4.69) is 4.98 Å². The van der Waals surface area contributed by atoms with Gasteiger partial charge in [-0.15, -0.1) is 0 Å². The van der Waals surface area contributed by atoms with Crippen molar-refractivity contribution in [3.05, 3.63) is 30.1 Å². The van der Waals surface area contributed by atoms with E-state index < -0.39 is 0 Å². The van der Waals surface area contributed by atoms with Crippen LogP contribution in [-0.4, -0.2) is 40.1 Å². The monoisotopic (exact) mass is 234 g/mol. The van der Waals surface area contributed by atoms with Gasteiger partial charge in [-0.05, 0) is 37.8 Å². The summed E-state index contributed by atoms with van der Waals surface area (Å²) < 4.78 is 0. The van der Waals surface area contributed by atoms with Crippen molar-refractivity contribution in [1.29, 1.82) is 0 Å². The fraction of sp³-hybridized carbons (Fsp3) is 0.538. The lowest BCUT2D eigenvalue weighted by molar-refractivity contribution is 0.0521. The quantitative estimate of drug-likeness (QED) is 0.839. The first-order chi connectivity index (χ1) is 8.18.